The molecule has 3 rings (SSSR count). The molecule has 0 spiro atoms. The van der Waals surface area contributed by atoms with E-state index in [0.29, 0.717) is 6.54 Å². The highest BCUT2D eigenvalue weighted by atomic mass is 127. The van der Waals surface area contributed by atoms with E-state index in [2.05, 4.69) is 44.2 Å². The van der Waals surface area contributed by atoms with Gasteiger partial charge in [-0.15, -0.1) is 34.2 Å². The summed E-state index contributed by atoms with van der Waals surface area (Å²) >= 11 is 0. The van der Waals surface area contributed by atoms with Crippen molar-refractivity contribution >= 4 is 29.9 Å². The molecule has 0 aromatic carbocycles. The van der Waals surface area contributed by atoms with E-state index in [4.69, 9.17) is 9.73 Å². The molecule has 2 unspecified atom stereocenters. The molecule has 9 heteroatoms. The number of hydrogen-bond donors (Lipinski definition) is 2. The SMILES string of the molecule is CCc1nncn1CCNC(=NCCc1ccccn1)NC(C)C1CCCO1.I. The first kappa shape index (κ1) is 23.5. The van der Waals surface area contributed by atoms with Crippen molar-refractivity contribution in [2.75, 3.05) is 19.7 Å². The standard InChI is InChI=1S/C20H31N7O.HI/c1-3-19-26-24-15-27(19)13-12-23-20(25-16(2)18-8-6-14-28-18)22-11-9-17-7-4-5-10-21-17;/h4-5,7,10,15-16,18H,3,6,8-9,11-14H2,1-2H3,(H2,22,23,25);1H. The summed E-state index contributed by atoms with van der Waals surface area (Å²) in [4.78, 5) is 9.12. The lowest BCUT2D eigenvalue weighted by Gasteiger charge is -2.23. The van der Waals surface area contributed by atoms with Gasteiger partial charge < -0.3 is 19.9 Å². The van der Waals surface area contributed by atoms with E-state index < -0.39 is 0 Å². The molecule has 0 aliphatic carbocycles. The van der Waals surface area contributed by atoms with E-state index >= 15 is 0 Å². The van der Waals surface area contributed by atoms with Crippen molar-refractivity contribution in [3.8, 4) is 0 Å². The van der Waals surface area contributed by atoms with Crippen LogP contribution in [-0.2, 0) is 24.1 Å². The van der Waals surface area contributed by atoms with Gasteiger partial charge in [-0.3, -0.25) is 9.98 Å². The number of aliphatic imine (C=N–C) groups is 1. The Morgan fingerprint density at radius 2 is 2.31 bits per heavy atom. The number of hydrogen-bond acceptors (Lipinski definition) is 5. The highest BCUT2D eigenvalue weighted by Gasteiger charge is 2.23. The molecule has 8 nitrogen and oxygen atoms in total. The van der Waals surface area contributed by atoms with Crippen molar-refractivity contribution in [2.24, 2.45) is 4.99 Å². The molecule has 1 aliphatic heterocycles. The Balaban J connectivity index is 0.00000300. The molecule has 1 fully saturated rings. The number of aromatic nitrogens is 4. The predicted octanol–water partition coefficient (Wildman–Crippen LogP) is 2.20. The van der Waals surface area contributed by atoms with Gasteiger partial charge in [0.15, 0.2) is 5.96 Å². The van der Waals surface area contributed by atoms with Gasteiger partial charge >= 0.3 is 0 Å². The minimum absolute atomic E-state index is 0. The fourth-order valence-electron chi connectivity index (χ4n) is 3.32. The van der Waals surface area contributed by atoms with E-state index in [-0.39, 0.29) is 36.1 Å². The molecule has 1 aliphatic rings. The molecule has 160 valence electrons. The molecule has 0 bridgehead atoms. The van der Waals surface area contributed by atoms with Crippen LogP contribution < -0.4 is 10.6 Å². The molecule has 29 heavy (non-hydrogen) atoms. The number of guanidine groups is 1. The lowest BCUT2D eigenvalue weighted by atomic mass is 10.1. The van der Waals surface area contributed by atoms with Crippen molar-refractivity contribution in [1.82, 2.24) is 30.4 Å². The van der Waals surface area contributed by atoms with Crippen LogP contribution in [-0.4, -0.2) is 57.6 Å². The summed E-state index contributed by atoms with van der Waals surface area (Å²) in [6.07, 6.45) is 7.75. The van der Waals surface area contributed by atoms with Crippen LogP contribution in [0.3, 0.4) is 0 Å². The largest absolute Gasteiger partial charge is 0.376 e. The Morgan fingerprint density at radius 1 is 1.41 bits per heavy atom. The average molecular weight is 513 g/mol. The third-order valence-electron chi connectivity index (χ3n) is 4.91. The zero-order chi connectivity index (χ0) is 19.6. The number of ether oxygens (including phenoxy) is 1. The summed E-state index contributed by atoms with van der Waals surface area (Å²) in [5.74, 6) is 1.81. The predicted molar refractivity (Wildman–Crippen MR) is 125 cm³/mol. The number of nitrogens with one attached hydrogen (secondary N) is 2. The Bertz CT molecular complexity index is 731. The smallest absolute Gasteiger partial charge is 0.191 e. The molecule has 3 heterocycles. The molecule has 1 saturated heterocycles. The molecule has 2 aromatic heterocycles. The summed E-state index contributed by atoms with van der Waals surface area (Å²) in [7, 11) is 0. The van der Waals surface area contributed by atoms with Crippen LogP contribution in [0.25, 0.3) is 0 Å². The first-order chi connectivity index (χ1) is 13.8. The van der Waals surface area contributed by atoms with Gasteiger partial charge in [-0.1, -0.05) is 13.0 Å². The van der Waals surface area contributed by atoms with E-state index in [1.165, 1.54) is 0 Å². The number of halogens is 1. The fourth-order valence-corrected chi connectivity index (χ4v) is 3.32. The molecule has 2 atom stereocenters. The van der Waals surface area contributed by atoms with Crippen LogP contribution in [0.5, 0.6) is 0 Å². The normalized spacial score (nSPS) is 17.6. The van der Waals surface area contributed by atoms with E-state index in [9.17, 15) is 0 Å². The highest BCUT2D eigenvalue weighted by molar-refractivity contribution is 14.0. The van der Waals surface area contributed by atoms with Gasteiger partial charge in [-0.05, 0) is 31.9 Å². The Hall–Kier alpha value is -1.75. The quantitative estimate of drug-likeness (QED) is 0.304. The van der Waals surface area contributed by atoms with Crippen molar-refractivity contribution in [1.29, 1.82) is 0 Å². The van der Waals surface area contributed by atoms with Crippen LogP contribution in [0.2, 0.25) is 0 Å². The number of nitrogens with zero attached hydrogens (tertiary/aromatic N) is 5. The van der Waals surface area contributed by atoms with Gasteiger partial charge in [0.25, 0.3) is 0 Å². The maximum atomic E-state index is 5.81. The molecular formula is C20H32IN7O. The summed E-state index contributed by atoms with van der Waals surface area (Å²) in [5, 5.41) is 15.1. The zero-order valence-corrected chi connectivity index (χ0v) is 19.6. The number of pyridine rings is 1. The summed E-state index contributed by atoms with van der Waals surface area (Å²) < 4.78 is 7.88. The maximum absolute atomic E-state index is 5.81. The van der Waals surface area contributed by atoms with Gasteiger partial charge in [0.2, 0.25) is 0 Å². The van der Waals surface area contributed by atoms with Gasteiger partial charge in [0.1, 0.15) is 12.2 Å². The van der Waals surface area contributed by atoms with Gasteiger partial charge in [-0.25, -0.2) is 0 Å². The van der Waals surface area contributed by atoms with Gasteiger partial charge in [0.05, 0.1) is 12.1 Å². The molecular weight excluding hydrogens is 481 g/mol. The fraction of sp³-hybridized carbons (Fsp3) is 0.600. The molecule has 0 radical (unpaired) electrons. The van der Waals surface area contributed by atoms with Crippen LogP contribution >= 0.6 is 24.0 Å². The van der Waals surface area contributed by atoms with Crippen LogP contribution in [0.15, 0.2) is 35.7 Å². The second kappa shape index (κ2) is 12.7. The monoisotopic (exact) mass is 513 g/mol. The van der Waals surface area contributed by atoms with E-state index in [0.717, 1.165) is 62.9 Å². The molecule has 0 saturated carbocycles. The first-order valence-electron chi connectivity index (χ1n) is 10.2. The minimum atomic E-state index is 0. The number of rotatable bonds is 9. The maximum Gasteiger partial charge on any atom is 0.191 e. The van der Waals surface area contributed by atoms with Gasteiger partial charge in [0, 0.05) is 51.0 Å². The summed E-state index contributed by atoms with van der Waals surface area (Å²) in [5.41, 5.74) is 1.05. The Morgan fingerprint density at radius 3 is 3.03 bits per heavy atom. The second-order valence-corrected chi connectivity index (χ2v) is 7.01. The van der Waals surface area contributed by atoms with Crippen LogP contribution in [0, 0.1) is 0 Å². The third kappa shape index (κ3) is 7.54. The topological polar surface area (TPSA) is 89.3 Å². The van der Waals surface area contributed by atoms with Crippen LogP contribution in [0.4, 0.5) is 0 Å². The second-order valence-electron chi connectivity index (χ2n) is 7.01. The van der Waals surface area contributed by atoms with Crippen molar-refractivity contribution in [3.05, 3.63) is 42.2 Å². The molecule has 0 amide bonds. The average Bonchev–Trinajstić information content (AvgIpc) is 3.40. The minimum Gasteiger partial charge on any atom is -0.376 e. The number of aryl methyl sites for hydroxylation is 1. The van der Waals surface area contributed by atoms with Crippen LogP contribution in [0.1, 0.15) is 38.2 Å². The summed E-state index contributed by atoms with van der Waals surface area (Å²) in [6, 6.07) is 6.18. The summed E-state index contributed by atoms with van der Waals surface area (Å²) in [6.45, 7) is 7.31. The van der Waals surface area contributed by atoms with Crippen molar-refractivity contribution in [2.45, 2.75) is 58.2 Å². The zero-order valence-electron chi connectivity index (χ0n) is 17.3. The van der Waals surface area contributed by atoms with E-state index in [1.807, 2.05) is 24.4 Å². The molecule has 2 aromatic rings. The van der Waals surface area contributed by atoms with Gasteiger partial charge in [-0.2, -0.15) is 0 Å². The lowest BCUT2D eigenvalue weighted by Crippen LogP contribution is -2.47. The van der Waals surface area contributed by atoms with Crippen molar-refractivity contribution in [3.63, 3.8) is 0 Å². The Labute approximate surface area is 190 Å². The highest BCUT2D eigenvalue weighted by Crippen LogP contribution is 2.15. The van der Waals surface area contributed by atoms with E-state index in [1.54, 1.807) is 6.33 Å². The first-order valence-corrected chi connectivity index (χ1v) is 10.2. The lowest BCUT2D eigenvalue weighted by molar-refractivity contribution is 0.0890. The Kier molecular flexibility index (Phi) is 10.3. The van der Waals surface area contributed by atoms with Crippen molar-refractivity contribution < 1.29 is 4.74 Å². The molecule has 2 N–H and O–H groups in total. The third-order valence-corrected chi connectivity index (χ3v) is 4.91.